The van der Waals surface area contributed by atoms with E-state index in [-0.39, 0.29) is 20.6 Å². The summed E-state index contributed by atoms with van der Waals surface area (Å²) in [4.78, 5) is 35.0. The fraction of sp³-hybridized carbons (Fsp3) is 0.338. The number of carbonyl (C=O) groups excluding carboxylic acids is 1. The minimum absolute atomic E-state index is 0. The Labute approximate surface area is 543 Å². The zero-order valence-corrected chi connectivity index (χ0v) is 53.5. The van der Waals surface area contributed by atoms with Gasteiger partial charge in [-0.3, -0.25) is 14.5 Å². The van der Waals surface area contributed by atoms with Gasteiger partial charge in [0.25, 0.3) is 0 Å². The van der Waals surface area contributed by atoms with Gasteiger partial charge >= 0.3 is 13.1 Å². The summed E-state index contributed by atoms with van der Waals surface area (Å²) in [6.07, 6.45) is 5.60. The van der Waals surface area contributed by atoms with Crippen molar-refractivity contribution in [3.63, 3.8) is 0 Å². The number of anilines is 2. The molecule has 3 fully saturated rings. The van der Waals surface area contributed by atoms with Gasteiger partial charge in [-0.1, -0.05) is 78.1 Å². The Balaban J connectivity index is 0.000000143. The number of aromatic amines is 1. The maximum Gasteiger partial charge on any atom is 0.410 e. The quantitative estimate of drug-likeness (QED) is 0.0783. The Morgan fingerprint density at radius 3 is 1.52 bits per heavy atom. The van der Waals surface area contributed by atoms with E-state index in [0.29, 0.717) is 60.0 Å². The minimum Gasteiger partial charge on any atom is -0.497 e. The molecule has 470 valence electrons. The van der Waals surface area contributed by atoms with Gasteiger partial charge < -0.3 is 49.4 Å². The zero-order valence-electron chi connectivity index (χ0n) is 50.5. The molecule has 1 amide bonds. The number of amides is 1. The molecule has 0 radical (unpaired) electrons. The number of hydrogen-bond acceptors (Lipinski definition) is 16. The van der Waals surface area contributed by atoms with E-state index in [4.69, 9.17) is 80.7 Å². The fourth-order valence-corrected chi connectivity index (χ4v) is 11.7. The molecule has 11 aromatic rings. The number of piperazine rings is 3. The third-order valence-corrected chi connectivity index (χ3v) is 16.5. The first-order chi connectivity index (χ1) is 43.0. The Morgan fingerprint density at radius 1 is 0.578 bits per heavy atom. The number of ether oxygens (including phenoxy) is 3. The third-order valence-electron chi connectivity index (χ3n) is 15.5. The molecule has 0 atom stereocenters. The van der Waals surface area contributed by atoms with Crippen LogP contribution in [0, 0.1) is 0 Å². The summed E-state index contributed by atoms with van der Waals surface area (Å²) >= 11 is 24.9. The Hall–Kier alpha value is -7.73. The average molecular weight is 1300 g/mol. The van der Waals surface area contributed by atoms with Crippen LogP contribution in [0.15, 0.2) is 122 Å². The van der Waals surface area contributed by atoms with Crippen molar-refractivity contribution < 1.29 is 24.0 Å². The predicted octanol–water partition coefficient (Wildman–Crippen LogP) is 12.1. The number of halogens is 4. The second-order valence-electron chi connectivity index (χ2n) is 22.9. The van der Waals surface area contributed by atoms with Gasteiger partial charge in [-0.05, 0) is 118 Å². The molecular weight excluding hydrogens is 1220 g/mol. The molecule has 3 aliphatic rings. The highest BCUT2D eigenvalue weighted by molar-refractivity contribution is 6.45. The second kappa shape index (κ2) is 29.0. The second-order valence-corrected chi connectivity index (χ2v) is 24.6. The van der Waals surface area contributed by atoms with Crippen molar-refractivity contribution in [3.8, 4) is 11.5 Å². The van der Waals surface area contributed by atoms with E-state index >= 15 is 0 Å². The van der Waals surface area contributed by atoms with Crippen molar-refractivity contribution in [1.29, 1.82) is 0 Å². The van der Waals surface area contributed by atoms with E-state index in [0.717, 1.165) is 152 Å². The molecule has 90 heavy (non-hydrogen) atoms. The summed E-state index contributed by atoms with van der Waals surface area (Å²) in [5.74, 6) is 3.45. The van der Waals surface area contributed by atoms with Crippen LogP contribution in [-0.4, -0.2) is 171 Å². The maximum absolute atomic E-state index is 12.5. The Kier molecular flexibility index (Phi) is 21.1. The van der Waals surface area contributed by atoms with Gasteiger partial charge in [0, 0.05) is 138 Å². The van der Waals surface area contributed by atoms with Gasteiger partial charge in [0.1, 0.15) is 33.7 Å². The summed E-state index contributed by atoms with van der Waals surface area (Å²) in [6.45, 7) is 18.9. The largest absolute Gasteiger partial charge is 0.497 e. The van der Waals surface area contributed by atoms with E-state index in [2.05, 4.69) is 51.7 Å². The van der Waals surface area contributed by atoms with E-state index in [1.807, 2.05) is 146 Å². The number of fused-ring (bicyclic) bond motifs is 9. The summed E-state index contributed by atoms with van der Waals surface area (Å²) in [5.41, 5.74) is 6.84. The molecule has 25 heteroatoms. The number of carbonyl (C=O) groups is 1. The molecule has 5 aromatic carbocycles. The van der Waals surface area contributed by atoms with Crippen molar-refractivity contribution in [3.05, 3.63) is 153 Å². The van der Waals surface area contributed by atoms with Crippen molar-refractivity contribution in [2.45, 2.75) is 53.7 Å². The lowest BCUT2D eigenvalue weighted by molar-refractivity contribution is 0.0240. The minimum atomic E-state index is -0.516. The van der Waals surface area contributed by atoms with E-state index in [1.165, 1.54) is 0 Å². The smallest absolute Gasteiger partial charge is 0.410 e. The van der Waals surface area contributed by atoms with Gasteiger partial charge in [0.15, 0.2) is 16.8 Å². The number of benzene rings is 5. The van der Waals surface area contributed by atoms with Crippen molar-refractivity contribution in [2.24, 2.45) is 0 Å². The monoisotopic (exact) mass is 1300 g/mol. The fourth-order valence-electron chi connectivity index (χ4n) is 11.0. The van der Waals surface area contributed by atoms with Gasteiger partial charge in [-0.2, -0.15) is 15.3 Å². The number of nitrogens with one attached hydrogen (secondary N) is 3. The van der Waals surface area contributed by atoms with Crippen LogP contribution < -0.4 is 29.9 Å². The molecule has 3 aliphatic heterocycles. The van der Waals surface area contributed by atoms with E-state index in [9.17, 15) is 4.79 Å². The molecule has 0 aliphatic carbocycles. The molecule has 9 heterocycles. The number of H-pyrrole nitrogens is 1. The highest BCUT2D eigenvalue weighted by Crippen LogP contribution is 2.35. The zero-order chi connectivity index (χ0) is 62.3. The van der Waals surface area contributed by atoms with Crippen molar-refractivity contribution in [1.82, 2.24) is 65.1 Å². The number of nitrogens with zero attached hydrogens (tertiary/aromatic N) is 12. The lowest BCUT2D eigenvalue weighted by Crippen LogP contribution is -2.50. The first-order valence-corrected chi connectivity index (χ1v) is 31.1. The van der Waals surface area contributed by atoms with Crippen LogP contribution in [0.3, 0.4) is 0 Å². The van der Waals surface area contributed by atoms with Crippen LogP contribution in [0.5, 0.6) is 11.5 Å². The molecule has 14 rings (SSSR count). The van der Waals surface area contributed by atoms with Gasteiger partial charge in [0.05, 0.1) is 50.1 Å². The molecule has 6 aromatic heterocycles. The summed E-state index contributed by atoms with van der Waals surface area (Å²) in [6, 6.07) is 33.0. The first kappa shape index (κ1) is 65.2. The van der Waals surface area contributed by atoms with E-state index < -0.39 is 5.60 Å². The maximum atomic E-state index is 12.5. The van der Waals surface area contributed by atoms with Crippen LogP contribution in [0.25, 0.3) is 65.4 Å². The number of rotatable bonds is 9. The third kappa shape index (κ3) is 15.5. The van der Waals surface area contributed by atoms with Crippen LogP contribution in [-0.2, 0) is 17.8 Å². The average Bonchev–Trinajstić information content (AvgIpc) is 1.63. The number of methoxy groups -OCH3 is 2. The molecular formula is C65H74BCl4N15O5. The molecule has 4 N–H and O–H groups in total. The number of hydrogen-bond donors (Lipinski definition) is 4. The lowest BCUT2D eigenvalue weighted by atomic mass is 9.84. The van der Waals surface area contributed by atoms with Crippen molar-refractivity contribution >= 4 is 137 Å². The first-order valence-electron chi connectivity index (χ1n) is 29.6. The number of aromatic nitrogens is 9. The molecule has 3 saturated heterocycles. The highest BCUT2D eigenvalue weighted by Gasteiger charge is 2.29. The van der Waals surface area contributed by atoms with Crippen LogP contribution in [0.2, 0.25) is 27.0 Å². The predicted molar refractivity (Wildman–Crippen MR) is 366 cm³/mol. The van der Waals surface area contributed by atoms with Crippen molar-refractivity contribution in [2.75, 3.05) is 103 Å². The molecule has 0 spiro atoms. The molecule has 0 unspecified atom stereocenters. The standard InChI is InChI=1S/C27H30ClN5O3.C18H13Cl2N3O.C14H14ClN5.C5H13BN2O.CH4/c1-27(2,3)36-26(34)32-13-11-31(12-14-32)25-24-22(21-15-19(28)7-10-23(21)29-25)17-33(30-24)16-18-5-8-20(35-4)9-6-18;1-24-13-5-2-11(3-6-13)9-23-10-15-14-8-12(19)4-7-16(14)21-18(20)17(15)22-23;15-9-1-2-12-10(7-9)11-8-17-19-13(11)14(18-12)20-5-3-16-4-6-20;1-6(9)8-4-2-7-3-5-8;/h5-10,15,17H,11-14,16H2,1-4H3;2-8,10H,9H2,1H3;1-2,7-8,16H,3-6H2,(H,17,19);7,9H,2-5H2,1H3;1H4. The molecule has 0 bridgehead atoms. The van der Waals surface area contributed by atoms with Gasteiger partial charge in [-0.15, -0.1) is 0 Å². The highest BCUT2D eigenvalue weighted by atomic mass is 35.5. The van der Waals surface area contributed by atoms with Crippen LogP contribution in [0.1, 0.15) is 39.3 Å². The topological polar surface area (TPSA) is 205 Å². The Morgan fingerprint density at radius 2 is 1.03 bits per heavy atom. The Bertz CT molecular complexity index is 4260. The molecule has 20 nitrogen and oxygen atoms in total. The van der Waals surface area contributed by atoms with Gasteiger partial charge in [-0.25, -0.2) is 19.7 Å². The number of pyridine rings is 3. The normalized spacial score (nSPS) is 14.6. The van der Waals surface area contributed by atoms with E-state index in [1.54, 1.807) is 25.2 Å². The summed E-state index contributed by atoms with van der Waals surface area (Å²) < 4.78 is 19.8. The summed E-state index contributed by atoms with van der Waals surface area (Å²) in [7, 11) is 3.04. The SMILES string of the molecule is C.CB(O)N1CCNCC1.COc1ccc(Cn2cc3c(n2)c(Cl)nc2ccc(Cl)cc23)cc1.COc1ccc(Cn2cc3c(n2)c(N2CCN(C(=O)OC(C)(C)C)CC2)nc2ccc(Cl)cc23)cc1.Clc1ccc2nc(N3CCNCC3)c3[nH]ncc3c2c1. The molecule has 0 saturated carbocycles. The van der Waals surface area contributed by atoms with Crippen LogP contribution in [0.4, 0.5) is 16.4 Å². The van der Waals surface area contributed by atoms with Crippen LogP contribution >= 0.6 is 46.4 Å². The van der Waals surface area contributed by atoms with Gasteiger partial charge in [0.2, 0.25) is 0 Å². The lowest BCUT2D eigenvalue weighted by Gasteiger charge is -2.36. The summed E-state index contributed by atoms with van der Waals surface area (Å²) in [5, 5.41) is 40.8.